The van der Waals surface area contributed by atoms with Gasteiger partial charge in [0, 0.05) is 13.1 Å². The summed E-state index contributed by atoms with van der Waals surface area (Å²) in [7, 11) is 0. The second kappa shape index (κ2) is 6.28. The summed E-state index contributed by atoms with van der Waals surface area (Å²) >= 11 is 0. The van der Waals surface area contributed by atoms with Gasteiger partial charge in [-0.3, -0.25) is 4.79 Å². The molecule has 0 aliphatic heterocycles. The lowest BCUT2D eigenvalue weighted by atomic mass is 10.2. The number of carbonyl (C=O) groups excluding carboxylic acids is 1. The topological polar surface area (TPSA) is 29.5 Å². The van der Waals surface area contributed by atoms with Crippen molar-refractivity contribution in [3.8, 4) is 5.75 Å². The minimum Gasteiger partial charge on any atom is -0.481 e. The summed E-state index contributed by atoms with van der Waals surface area (Å²) < 4.78 is 5.65. The average molecular weight is 235 g/mol. The van der Waals surface area contributed by atoms with Crippen LogP contribution in [0.5, 0.6) is 5.75 Å². The SMILES string of the molecule is CCN(CC)C(=O)C(C)Oc1cccc(C)c1. The van der Waals surface area contributed by atoms with Crippen molar-refractivity contribution in [2.45, 2.75) is 33.8 Å². The Morgan fingerprint density at radius 2 is 2.00 bits per heavy atom. The van der Waals surface area contributed by atoms with Gasteiger partial charge in [-0.05, 0) is 45.4 Å². The summed E-state index contributed by atoms with van der Waals surface area (Å²) in [6.07, 6.45) is -0.434. The van der Waals surface area contributed by atoms with Gasteiger partial charge in [0.15, 0.2) is 6.10 Å². The Balaban J connectivity index is 2.65. The Kier molecular flexibility index (Phi) is 5.01. The molecule has 1 amide bonds. The van der Waals surface area contributed by atoms with Crippen LogP contribution in [0.4, 0.5) is 0 Å². The molecule has 3 heteroatoms. The largest absolute Gasteiger partial charge is 0.481 e. The summed E-state index contributed by atoms with van der Waals surface area (Å²) in [5, 5.41) is 0. The first-order valence-electron chi connectivity index (χ1n) is 6.10. The van der Waals surface area contributed by atoms with Crippen molar-refractivity contribution in [2.24, 2.45) is 0 Å². The standard InChI is InChI=1S/C14H21NO2/c1-5-15(6-2)14(16)12(4)17-13-9-7-8-11(3)10-13/h7-10,12H,5-6H2,1-4H3. The molecule has 0 saturated heterocycles. The fourth-order valence-corrected chi connectivity index (χ4v) is 1.74. The molecule has 1 aromatic rings. The van der Waals surface area contributed by atoms with E-state index in [2.05, 4.69) is 0 Å². The fraction of sp³-hybridized carbons (Fsp3) is 0.500. The molecule has 0 fully saturated rings. The van der Waals surface area contributed by atoms with Gasteiger partial charge < -0.3 is 9.64 Å². The number of amides is 1. The van der Waals surface area contributed by atoms with Gasteiger partial charge in [-0.2, -0.15) is 0 Å². The average Bonchev–Trinajstić information content (AvgIpc) is 2.30. The molecule has 17 heavy (non-hydrogen) atoms. The molecule has 0 saturated carbocycles. The quantitative estimate of drug-likeness (QED) is 0.785. The molecule has 3 nitrogen and oxygen atoms in total. The zero-order valence-electron chi connectivity index (χ0n) is 11.1. The van der Waals surface area contributed by atoms with Crippen LogP contribution < -0.4 is 4.74 Å². The van der Waals surface area contributed by atoms with Gasteiger partial charge in [0.25, 0.3) is 5.91 Å². The Morgan fingerprint density at radius 1 is 1.35 bits per heavy atom. The van der Waals surface area contributed by atoms with Crippen LogP contribution in [-0.2, 0) is 4.79 Å². The molecule has 1 aromatic carbocycles. The lowest BCUT2D eigenvalue weighted by molar-refractivity contribution is -0.137. The van der Waals surface area contributed by atoms with Crippen LogP contribution in [0.25, 0.3) is 0 Å². The molecule has 0 heterocycles. The van der Waals surface area contributed by atoms with Crippen LogP contribution in [-0.4, -0.2) is 30.0 Å². The minimum absolute atomic E-state index is 0.0384. The number of aryl methyl sites for hydroxylation is 1. The van der Waals surface area contributed by atoms with Crippen molar-refractivity contribution in [3.05, 3.63) is 29.8 Å². The number of likely N-dealkylation sites (N-methyl/N-ethyl adjacent to an activating group) is 1. The molecule has 0 aromatic heterocycles. The van der Waals surface area contributed by atoms with Crippen molar-refractivity contribution in [2.75, 3.05) is 13.1 Å². The normalized spacial score (nSPS) is 12.0. The highest BCUT2D eigenvalue weighted by Crippen LogP contribution is 2.14. The predicted octanol–water partition coefficient (Wildman–Crippen LogP) is 2.63. The highest BCUT2D eigenvalue weighted by Gasteiger charge is 2.19. The number of carbonyl (C=O) groups is 1. The Bertz CT molecular complexity index is 372. The van der Waals surface area contributed by atoms with E-state index < -0.39 is 6.10 Å². The maximum atomic E-state index is 12.0. The van der Waals surface area contributed by atoms with Gasteiger partial charge in [-0.25, -0.2) is 0 Å². The van der Waals surface area contributed by atoms with Crippen molar-refractivity contribution < 1.29 is 9.53 Å². The van der Waals surface area contributed by atoms with Crippen molar-refractivity contribution >= 4 is 5.91 Å². The molecule has 1 atom stereocenters. The van der Waals surface area contributed by atoms with E-state index in [-0.39, 0.29) is 5.91 Å². The molecule has 1 rings (SSSR count). The molecule has 94 valence electrons. The first-order chi connectivity index (χ1) is 8.08. The maximum Gasteiger partial charge on any atom is 0.263 e. The van der Waals surface area contributed by atoms with Crippen LogP contribution in [0, 0.1) is 6.92 Å². The number of hydrogen-bond donors (Lipinski definition) is 0. The zero-order chi connectivity index (χ0) is 12.8. The van der Waals surface area contributed by atoms with Crippen LogP contribution >= 0.6 is 0 Å². The van der Waals surface area contributed by atoms with E-state index >= 15 is 0 Å². The van der Waals surface area contributed by atoms with Gasteiger partial charge in [0.05, 0.1) is 0 Å². The third-order valence-electron chi connectivity index (χ3n) is 2.73. The van der Waals surface area contributed by atoms with Crippen LogP contribution in [0.3, 0.4) is 0 Å². The van der Waals surface area contributed by atoms with E-state index in [4.69, 9.17) is 4.74 Å². The molecule has 1 unspecified atom stereocenters. The highest BCUT2D eigenvalue weighted by molar-refractivity contribution is 5.80. The van der Waals surface area contributed by atoms with Gasteiger partial charge in [0.1, 0.15) is 5.75 Å². The second-order valence-corrected chi connectivity index (χ2v) is 4.09. The lowest BCUT2D eigenvalue weighted by Gasteiger charge is -2.23. The van der Waals surface area contributed by atoms with Crippen LogP contribution in [0.2, 0.25) is 0 Å². The molecule has 0 radical (unpaired) electrons. The summed E-state index contributed by atoms with van der Waals surface area (Å²) in [4.78, 5) is 13.8. The van der Waals surface area contributed by atoms with Gasteiger partial charge in [-0.15, -0.1) is 0 Å². The van der Waals surface area contributed by atoms with Crippen molar-refractivity contribution in [3.63, 3.8) is 0 Å². The Morgan fingerprint density at radius 3 is 2.53 bits per heavy atom. The molecule has 0 bridgehead atoms. The maximum absolute atomic E-state index is 12.0. The van der Waals surface area contributed by atoms with E-state index in [9.17, 15) is 4.79 Å². The summed E-state index contributed by atoms with van der Waals surface area (Å²) in [6.45, 7) is 9.18. The Labute approximate surface area is 103 Å². The summed E-state index contributed by atoms with van der Waals surface area (Å²) in [5.74, 6) is 0.787. The minimum atomic E-state index is -0.434. The van der Waals surface area contributed by atoms with Gasteiger partial charge in [0.2, 0.25) is 0 Å². The number of rotatable bonds is 5. The van der Waals surface area contributed by atoms with Crippen molar-refractivity contribution in [1.29, 1.82) is 0 Å². The molecule has 0 N–H and O–H groups in total. The van der Waals surface area contributed by atoms with Crippen LogP contribution in [0.1, 0.15) is 26.3 Å². The van der Waals surface area contributed by atoms with E-state index in [0.29, 0.717) is 0 Å². The molecular formula is C14H21NO2. The molecule has 0 aliphatic carbocycles. The molecule has 0 aliphatic rings. The fourth-order valence-electron chi connectivity index (χ4n) is 1.74. The molecular weight excluding hydrogens is 214 g/mol. The monoisotopic (exact) mass is 235 g/mol. The highest BCUT2D eigenvalue weighted by atomic mass is 16.5. The number of ether oxygens (including phenoxy) is 1. The van der Waals surface area contributed by atoms with Gasteiger partial charge in [-0.1, -0.05) is 12.1 Å². The van der Waals surface area contributed by atoms with E-state index in [1.165, 1.54) is 0 Å². The summed E-state index contributed by atoms with van der Waals surface area (Å²) in [6, 6.07) is 7.74. The van der Waals surface area contributed by atoms with E-state index in [0.717, 1.165) is 24.4 Å². The van der Waals surface area contributed by atoms with Crippen LogP contribution in [0.15, 0.2) is 24.3 Å². The van der Waals surface area contributed by atoms with Crippen molar-refractivity contribution in [1.82, 2.24) is 4.90 Å². The Hall–Kier alpha value is -1.51. The van der Waals surface area contributed by atoms with Gasteiger partial charge >= 0.3 is 0 Å². The van der Waals surface area contributed by atoms with E-state index in [1.54, 1.807) is 11.8 Å². The van der Waals surface area contributed by atoms with E-state index in [1.807, 2.05) is 45.0 Å². The molecule has 0 spiro atoms. The predicted molar refractivity (Wildman–Crippen MR) is 69.2 cm³/mol. The summed E-state index contributed by atoms with van der Waals surface area (Å²) in [5.41, 5.74) is 1.13. The first-order valence-corrected chi connectivity index (χ1v) is 6.10. The first kappa shape index (κ1) is 13.6. The number of hydrogen-bond acceptors (Lipinski definition) is 2. The lowest BCUT2D eigenvalue weighted by Crippen LogP contribution is -2.40. The third-order valence-corrected chi connectivity index (χ3v) is 2.73. The smallest absolute Gasteiger partial charge is 0.263 e. The number of benzene rings is 1. The second-order valence-electron chi connectivity index (χ2n) is 4.09. The third kappa shape index (κ3) is 3.77. The zero-order valence-corrected chi connectivity index (χ0v) is 11.1. The number of nitrogens with zero attached hydrogens (tertiary/aromatic N) is 1.